The normalized spacial score (nSPS) is 20.1. The first kappa shape index (κ1) is 24.9. The van der Waals surface area contributed by atoms with E-state index in [2.05, 4.69) is 0 Å². The Morgan fingerprint density at radius 2 is 1.65 bits per heavy atom. The predicted octanol–water partition coefficient (Wildman–Crippen LogP) is 6.36. The van der Waals surface area contributed by atoms with Gasteiger partial charge in [0.2, 0.25) is 11.8 Å². The summed E-state index contributed by atoms with van der Waals surface area (Å²) in [5.41, 5.74) is 2.29. The third-order valence-corrected chi connectivity index (χ3v) is 7.09. The first-order chi connectivity index (χ1) is 17.8. The lowest BCUT2D eigenvalue weighted by Crippen LogP contribution is -2.49. The number of ether oxygens (including phenoxy) is 4. The highest BCUT2D eigenvalue weighted by atomic mass is 19.3. The van der Waals surface area contributed by atoms with Crippen LogP contribution < -0.4 is 23.8 Å². The Kier molecular flexibility index (Phi) is 6.67. The SMILES string of the molecule is COc1ccc2c(c1)OC(c1ccc(OC)c(OC)c1)CC2N(C(=O)C1CC(F)(F)C1)c1ccccc1. The molecule has 5 rings (SSSR count). The number of halogens is 2. The number of carbonyl (C=O) groups is 1. The van der Waals surface area contributed by atoms with E-state index in [0.29, 0.717) is 35.1 Å². The van der Waals surface area contributed by atoms with Gasteiger partial charge in [0.15, 0.2) is 11.5 Å². The lowest BCUT2D eigenvalue weighted by atomic mass is 9.79. The highest BCUT2D eigenvalue weighted by Gasteiger charge is 2.51. The Hall–Kier alpha value is -3.81. The minimum Gasteiger partial charge on any atom is -0.497 e. The van der Waals surface area contributed by atoms with E-state index in [1.165, 1.54) is 0 Å². The van der Waals surface area contributed by atoms with Crippen LogP contribution in [0.15, 0.2) is 66.7 Å². The Morgan fingerprint density at radius 1 is 0.919 bits per heavy atom. The molecule has 0 saturated heterocycles. The fourth-order valence-electron chi connectivity index (χ4n) is 5.13. The van der Waals surface area contributed by atoms with Crippen molar-refractivity contribution in [2.45, 2.75) is 37.3 Å². The second-order valence-corrected chi connectivity index (χ2v) is 9.38. The molecular weight excluding hydrogens is 480 g/mol. The summed E-state index contributed by atoms with van der Waals surface area (Å²) in [6, 6.07) is 19.8. The van der Waals surface area contributed by atoms with Gasteiger partial charge in [0.25, 0.3) is 0 Å². The van der Waals surface area contributed by atoms with Crippen LogP contribution in [-0.4, -0.2) is 33.2 Å². The van der Waals surface area contributed by atoms with E-state index in [0.717, 1.165) is 11.1 Å². The molecule has 0 spiro atoms. The summed E-state index contributed by atoms with van der Waals surface area (Å²) in [5, 5.41) is 0. The van der Waals surface area contributed by atoms with Gasteiger partial charge in [-0.15, -0.1) is 0 Å². The highest BCUT2D eigenvalue weighted by Crippen LogP contribution is 2.50. The second kappa shape index (κ2) is 9.92. The van der Waals surface area contributed by atoms with Crippen LogP contribution in [0.3, 0.4) is 0 Å². The highest BCUT2D eigenvalue weighted by molar-refractivity contribution is 5.96. The third-order valence-electron chi connectivity index (χ3n) is 7.09. The first-order valence-electron chi connectivity index (χ1n) is 12.2. The van der Waals surface area contributed by atoms with Crippen LogP contribution in [0, 0.1) is 5.92 Å². The molecule has 8 heteroatoms. The summed E-state index contributed by atoms with van der Waals surface area (Å²) in [4.78, 5) is 15.4. The predicted molar refractivity (Wildman–Crippen MR) is 135 cm³/mol. The molecule has 0 bridgehead atoms. The van der Waals surface area contributed by atoms with Crippen LogP contribution in [0.5, 0.6) is 23.0 Å². The Labute approximate surface area is 214 Å². The van der Waals surface area contributed by atoms with E-state index in [-0.39, 0.29) is 5.91 Å². The molecule has 1 saturated carbocycles. The first-order valence-corrected chi connectivity index (χ1v) is 12.2. The molecule has 1 fully saturated rings. The number of fused-ring (bicyclic) bond motifs is 1. The monoisotopic (exact) mass is 509 g/mol. The van der Waals surface area contributed by atoms with E-state index in [1.54, 1.807) is 32.3 Å². The van der Waals surface area contributed by atoms with Gasteiger partial charge in [0, 0.05) is 42.5 Å². The van der Waals surface area contributed by atoms with Gasteiger partial charge in [-0.2, -0.15) is 0 Å². The molecule has 3 aromatic rings. The number of nitrogens with zero attached hydrogens (tertiary/aromatic N) is 1. The van der Waals surface area contributed by atoms with E-state index >= 15 is 0 Å². The third kappa shape index (κ3) is 4.80. The number of para-hydroxylation sites is 1. The van der Waals surface area contributed by atoms with Crippen molar-refractivity contribution in [3.05, 3.63) is 77.9 Å². The standard InChI is InChI=1S/C29H29F2NO5/c1-34-21-10-11-22-23(32(20-7-5-4-6-8-20)28(33)19-16-29(30,31)17-19)15-25(37-26(22)14-21)18-9-12-24(35-2)27(13-18)36-3/h4-14,19,23,25H,15-17H2,1-3H3. The van der Waals surface area contributed by atoms with Crippen molar-refractivity contribution in [3.63, 3.8) is 0 Å². The zero-order valence-electron chi connectivity index (χ0n) is 20.9. The molecule has 0 radical (unpaired) electrons. The Bertz CT molecular complexity index is 1270. The molecule has 194 valence electrons. The fourth-order valence-corrected chi connectivity index (χ4v) is 5.13. The molecule has 0 aromatic heterocycles. The molecular formula is C29H29F2NO5. The van der Waals surface area contributed by atoms with Crippen molar-refractivity contribution >= 4 is 11.6 Å². The maximum Gasteiger partial charge on any atom is 0.249 e. The lowest BCUT2D eigenvalue weighted by Gasteiger charge is -2.43. The molecule has 1 heterocycles. The number of anilines is 1. The molecule has 2 unspecified atom stereocenters. The van der Waals surface area contributed by atoms with Crippen LogP contribution >= 0.6 is 0 Å². The number of alkyl halides is 2. The quantitative estimate of drug-likeness (QED) is 0.371. The number of hydrogen-bond acceptors (Lipinski definition) is 5. The summed E-state index contributed by atoms with van der Waals surface area (Å²) < 4.78 is 50.3. The average molecular weight is 510 g/mol. The maximum atomic E-state index is 13.8. The van der Waals surface area contributed by atoms with Gasteiger partial charge in [-0.05, 0) is 42.0 Å². The van der Waals surface area contributed by atoms with Crippen LogP contribution in [0.2, 0.25) is 0 Å². The maximum absolute atomic E-state index is 13.8. The smallest absolute Gasteiger partial charge is 0.249 e. The lowest BCUT2D eigenvalue weighted by molar-refractivity contribution is -0.148. The summed E-state index contributed by atoms with van der Waals surface area (Å²) in [5.74, 6) is -1.51. The number of benzene rings is 3. The van der Waals surface area contributed by atoms with Gasteiger partial charge in [0.05, 0.1) is 27.4 Å². The van der Waals surface area contributed by atoms with E-state index in [4.69, 9.17) is 18.9 Å². The van der Waals surface area contributed by atoms with Crippen molar-refractivity contribution in [1.82, 2.24) is 0 Å². The minimum atomic E-state index is -2.80. The van der Waals surface area contributed by atoms with Gasteiger partial charge < -0.3 is 23.8 Å². The van der Waals surface area contributed by atoms with Crippen molar-refractivity contribution in [1.29, 1.82) is 0 Å². The largest absolute Gasteiger partial charge is 0.497 e. The minimum absolute atomic E-state index is 0.308. The van der Waals surface area contributed by atoms with E-state index in [1.807, 2.05) is 60.7 Å². The molecule has 0 N–H and O–H groups in total. The summed E-state index contributed by atoms with van der Waals surface area (Å²) in [6.45, 7) is 0. The van der Waals surface area contributed by atoms with Gasteiger partial charge in [-0.1, -0.05) is 24.3 Å². The van der Waals surface area contributed by atoms with Crippen LogP contribution in [0.25, 0.3) is 0 Å². The molecule has 37 heavy (non-hydrogen) atoms. The number of methoxy groups -OCH3 is 3. The zero-order chi connectivity index (χ0) is 26.2. The van der Waals surface area contributed by atoms with Crippen LogP contribution in [-0.2, 0) is 4.79 Å². The second-order valence-electron chi connectivity index (χ2n) is 9.38. The zero-order valence-corrected chi connectivity index (χ0v) is 20.9. The van der Waals surface area contributed by atoms with Crippen LogP contribution in [0.1, 0.15) is 42.5 Å². The average Bonchev–Trinajstić information content (AvgIpc) is 2.91. The molecule has 1 aliphatic heterocycles. The number of amides is 1. The number of carbonyl (C=O) groups excluding carboxylic acids is 1. The van der Waals surface area contributed by atoms with E-state index < -0.39 is 36.8 Å². The summed E-state index contributed by atoms with van der Waals surface area (Å²) >= 11 is 0. The molecule has 3 aromatic carbocycles. The molecule has 1 amide bonds. The van der Waals surface area contributed by atoms with E-state index in [9.17, 15) is 13.6 Å². The van der Waals surface area contributed by atoms with Gasteiger partial charge in [0.1, 0.15) is 17.6 Å². The Morgan fingerprint density at radius 3 is 2.30 bits per heavy atom. The van der Waals surface area contributed by atoms with Crippen molar-refractivity contribution < 1.29 is 32.5 Å². The summed E-state index contributed by atoms with van der Waals surface area (Å²) in [6.07, 6.45) is -0.898. The molecule has 1 aliphatic carbocycles. The van der Waals surface area contributed by atoms with Gasteiger partial charge >= 0.3 is 0 Å². The van der Waals surface area contributed by atoms with Crippen molar-refractivity contribution in [3.8, 4) is 23.0 Å². The van der Waals surface area contributed by atoms with Gasteiger partial charge in [-0.3, -0.25) is 4.79 Å². The topological polar surface area (TPSA) is 57.2 Å². The van der Waals surface area contributed by atoms with Gasteiger partial charge in [-0.25, -0.2) is 8.78 Å². The summed E-state index contributed by atoms with van der Waals surface area (Å²) in [7, 11) is 4.71. The molecule has 2 atom stereocenters. The number of hydrogen-bond donors (Lipinski definition) is 0. The number of rotatable bonds is 7. The van der Waals surface area contributed by atoms with Crippen LogP contribution in [0.4, 0.5) is 14.5 Å². The fraction of sp³-hybridized carbons (Fsp3) is 0.345. The Balaban J connectivity index is 1.59. The molecule has 6 nitrogen and oxygen atoms in total. The molecule has 2 aliphatic rings. The van der Waals surface area contributed by atoms with Crippen molar-refractivity contribution in [2.75, 3.05) is 26.2 Å². The van der Waals surface area contributed by atoms with Crippen molar-refractivity contribution in [2.24, 2.45) is 5.92 Å².